The van der Waals surface area contributed by atoms with Gasteiger partial charge in [-0.15, -0.1) is 0 Å². The van der Waals surface area contributed by atoms with Crippen molar-refractivity contribution in [1.29, 1.82) is 5.26 Å². The van der Waals surface area contributed by atoms with Crippen molar-refractivity contribution in [3.05, 3.63) is 71.8 Å². The number of carbonyl (C=O) groups excluding carboxylic acids is 1. The van der Waals surface area contributed by atoms with Crippen molar-refractivity contribution in [3.8, 4) is 6.07 Å². The van der Waals surface area contributed by atoms with Gasteiger partial charge in [-0.05, 0) is 60.9 Å². The summed E-state index contributed by atoms with van der Waals surface area (Å²) in [5, 5.41) is 14.9. The SMILES string of the molecule is CC1(C)Cc2c(ccc3ccccc23)C(Sc2ccc(NC(=O)CC#N)cc2)=N1. The quantitative estimate of drug-likeness (QED) is 0.626. The number of hydrogen-bond donors (Lipinski definition) is 1. The number of amides is 1. The summed E-state index contributed by atoms with van der Waals surface area (Å²) in [7, 11) is 0. The van der Waals surface area contributed by atoms with E-state index in [-0.39, 0.29) is 17.9 Å². The van der Waals surface area contributed by atoms with E-state index in [1.807, 2.05) is 30.3 Å². The van der Waals surface area contributed by atoms with Gasteiger partial charge in [-0.3, -0.25) is 9.79 Å². The molecule has 1 N–H and O–H groups in total. The monoisotopic (exact) mass is 399 g/mol. The number of aliphatic imine (C=N–C) groups is 1. The fourth-order valence-corrected chi connectivity index (χ4v) is 4.70. The Hall–Kier alpha value is -3.10. The molecule has 0 fully saturated rings. The number of nitrogens with one attached hydrogen (secondary N) is 1. The molecule has 5 heteroatoms. The molecule has 0 radical (unpaired) electrons. The molecule has 3 aromatic rings. The first kappa shape index (κ1) is 19.2. The smallest absolute Gasteiger partial charge is 0.238 e. The van der Waals surface area contributed by atoms with Crippen molar-refractivity contribution in [2.45, 2.75) is 37.1 Å². The van der Waals surface area contributed by atoms with Crippen molar-refractivity contribution in [2.24, 2.45) is 4.99 Å². The number of fused-ring (bicyclic) bond motifs is 3. The second-order valence-corrected chi connectivity index (χ2v) is 8.79. The number of benzene rings is 3. The standard InChI is InChI=1S/C24H21N3OS/c1-24(2)15-21-19-6-4-3-5-16(19)7-12-20(21)23(27-24)29-18-10-8-17(9-11-18)26-22(28)13-14-25/h3-12H,13,15H2,1-2H3,(H,26,28). The molecule has 3 aromatic carbocycles. The predicted octanol–water partition coefficient (Wildman–Crippen LogP) is 5.57. The van der Waals surface area contributed by atoms with Crippen molar-refractivity contribution in [2.75, 3.05) is 5.32 Å². The maximum atomic E-state index is 11.6. The molecular weight excluding hydrogens is 378 g/mol. The first-order chi connectivity index (χ1) is 13.9. The third-order valence-corrected chi connectivity index (χ3v) is 5.89. The number of rotatable bonds is 3. The average molecular weight is 400 g/mol. The van der Waals surface area contributed by atoms with Crippen LogP contribution < -0.4 is 5.32 Å². The second-order valence-electron chi connectivity index (χ2n) is 7.73. The molecule has 0 atom stereocenters. The van der Waals surface area contributed by atoms with Gasteiger partial charge >= 0.3 is 0 Å². The van der Waals surface area contributed by atoms with Crippen LogP contribution in [0.2, 0.25) is 0 Å². The molecule has 0 saturated heterocycles. The van der Waals surface area contributed by atoms with Crippen LogP contribution in [0.4, 0.5) is 5.69 Å². The van der Waals surface area contributed by atoms with Gasteiger partial charge in [0, 0.05) is 16.1 Å². The van der Waals surface area contributed by atoms with E-state index >= 15 is 0 Å². The van der Waals surface area contributed by atoms with Crippen molar-refractivity contribution in [3.63, 3.8) is 0 Å². The Morgan fingerprint density at radius 2 is 1.90 bits per heavy atom. The third-order valence-electron chi connectivity index (χ3n) is 4.88. The van der Waals surface area contributed by atoms with E-state index in [9.17, 15) is 4.79 Å². The van der Waals surface area contributed by atoms with Crippen LogP contribution in [-0.4, -0.2) is 16.5 Å². The molecule has 1 aliphatic rings. The molecule has 0 aliphatic carbocycles. The first-order valence-corrected chi connectivity index (χ1v) is 10.3. The number of nitrogens with zero attached hydrogens (tertiary/aromatic N) is 2. The summed E-state index contributed by atoms with van der Waals surface area (Å²) < 4.78 is 0. The highest BCUT2D eigenvalue weighted by atomic mass is 32.2. The van der Waals surface area contributed by atoms with Gasteiger partial charge in [-0.2, -0.15) is 5.26 Å². The summed E-state index contributed by atoms with van der Waals surface area (Å²) in [6, 6.07) is 22.3. The lowest BCUT2D eigenvalue weighted by Crippen LogP contribution is -2.28. The van der Waals surface area contributed by atoms with Gasteiger partial charge in [0.1, 0.15) is 11.5 Å². The van der Waals surface area contributed by atoms with E-state index in [4.69, 9.17) is 10.3 Å². The zero-order chi connectivity index (χ0) is 20.4. The van der Waals surface area contributed by atoms with Crippen LogP contribution in [0.1, 0.15) is 31.4 Å². The summed E-state index contributed by atoms with van der Waals surface area (Å²) in [6.07, 6.45) is 0.769. The Morgan fingerprint density at radius 3 is 2.66 bits per heavy atom. The average Bonchev–Trinajstić information content (AvgIpc) is 2.69. The van der Waals surface area contributed by atoms with Crippen LogP contribution in [0, 0.1) is 11.3 Å². The lowest BCUT2D eigenvalue weighted by Gasteiger charge is -2.29. The Kier molecular flexibility index (Phi) is 5.12. The molecule has 4 nitrogen and oxygen atoms in total. The third kappa shape index (κ3) is 4.18. The Labute approximate surface area is 174 Å². The lowest BCUT2D eigenvalue weighted by molar-refractivity contribution is -0.115. The van der Waals surface area contributed by atoms with Gasteiger partial charge in [-0.25, -0.2) is 0 Å². The second kappa shape index (κ2) is 7.73. The van der Waals surface area contributed by atoms with Crippen LogP contribution in [0.3, 0.4) is 0 Å². The molecule has 0 aromatic heterocycles. The summed E-state index contributed by atoms with van der Waals surface area (Å²) in [5.41, 5.74) is 3.07. The Balaban J connectivity index is 1.64. The molecule has 1 heterocycles. The van der Waals surface area contributed by atoms with Crippen LogP contribution in [0.25, 0.3) is 10.8 Å². The Morgan fingerprint density at radius 1 is 1.14 bits per heavy atom. The van der Waals surface area contributed by atoms with Crippen LogP contribution in [-0.2, 0) is 11.2 Å². The molecule has 0 bridgehead atoms. The summed E-state index contributed by atoms with van der Waals surface area (Å²) in [4.78, 5) is 17.7. The summed E-state index contributed by atoms with van der Waals surface area (Å²) in [5.74, 6) is -0.299. The van der Waals surface area contributed by atoms with Gasteiger partial charge in [0.25, 0.3) is 0 Å². The van der Waals surface area contributed by atoms with Gasteiger partial charge in [0.2, 0.25) is 5.91 Å². The highest BCUT2D eigenvalue weighted by Gasteiger charge is 2.28. The first-order valence-electron chi connectivity index (χ1n) is 9.51. The largest absolute Gasteiger partial charge is 0.325 e. The van der Waals surface area contributed by atoms with E-state index in [0.717, 1.165) is 16.4 Å². The molecule has 1 aliphatic heterocycles. The number of thioether (sulfide) groups is 1. The topological polar surface area (TPSA) is 65.2 Å². The lowest BCUT2D eigenvalue weighted by atomic mass is 9.86. The number of anilines is 1. The summed E-state index contributed by atoms with van der Waals surface area (Å²) in [6.45, 7) is 4.35. The van der Waals surface area contributed by atoms with E-state index < -0.39 is 0 Å². The zero-order valence-corrected chi connectivity index (χ0v) is 17.2. The Bertz CT molecular complexity index is 1160. The number of carbonyl (C=O) groups is 1. The fourth-order valence-electron chi connectivity index (χ4n) is 3.61. The maximum Gasteiger partial charge on any atom is 0.238 e. The van der Waals surface area contributed by atoms with Crippen molar-refractivity contribution >= 4 is 39.2 Å². The molecule has 0 spiro atoms. The van der Waals surface area contributed by atoms with E-state index in [2.05, 4.69) is 55.6 Å². The summed E-state index contributed by atoms with van der Waals surface area (Å²) >= 11 is 1.64. The van der Waals surface area contributed by atoms with E-state index in [1.165, 1.54) is 21.9 Å². The normalized spacial score (nSPS) is 14.6. The minimum absolute atomic E-state index is 0.146. The molecule has 0 unspecified atom stereocenters. The molecule has 29 heavy (non-hydrogen) atoms. The minimum atomic E-state index is -0.299. The highest BCUT2D eigenvalue weighted by molar-refractivity contribution is 8.14. The van der Waals surface area contributed by atoms with E-state index in [1.54, 1.807) is 11.8 Å². The fraction of sp³-hybridized carbons (Fsp3) is 0.208. The van der Waals surface area contributed by atoms with Crippen LogP contribution in [0.5, 0.6) is 0 Å². The molecule has 1 amide bonds. The van der Waals surface area contributed by atoms with Gasteiger partial charge in [0.05, 0.1) is 11.6 Å². The number of hydrogen-bond acceptors (Lipinski definition) is 4. The van der Waals surface area contributed by atoms with Crippen LogP contribution >= 0.6 is 11.8 Å². The minimum Gasteiger partial charge on any atom is -0.325 e. The van der Waals surface area contributed by atoms with Crippen LogP contribution in [0.15, 0.2) is 70.6 Å². The van der Waals surface area contributed by atoms with Crippen molar-refractivity contribution in [1.82, 2.24) is 0 Å². The molecule has 4 rings (SSSR count). The maximum absolute atomic E-state index is 11.6. The zero-order valence-electron chi connectivity index (χ0n) is 16.4. The highest BCUT2D eigenvalue weighted by Crippen LogP contribution is 2.37. The van der Waals surface area contributed by atoms with Gasteiger partial charge in [0.15, 0.2) is 0 Å². The molecular formula is C24H21N3OS. The van der Waals surface area contributed by atoms with Gasteiger partial charge in [-0.1, -0.05) is 48.2 Å². The van der Waals surface area contributed by atoms with Gasteiger partial charge < -0.3 is 5.32 Å². The predicted molar refractivity (Wildman–Crippen MR) is 119 cm³/mol. The number of nitriles is 1. The molecule has 144 valence electrons. The van der Waals surface area contributed by atoms with Crippen molar-refractivity contribution < 1.29 is 4.79 Å². The molecule has 0 saturated carbocycles. The van der Waals surface area contributed by atoms with E-state index in [0.29, 0.717) is 5.69 Å².